The molecule has 25 nitrogen and oxygen atoms in total. The van der Waals surface area contributed by atoms with Crippen LogP contribution in [0.4, 0.5) is 33.8 Å². The number of nitrogens with zero attached hydrogens (tertiary/aromatic N) is 12. The Kier molecular flexibility index (Phi) is 21.6. The Bertz CT molecular complexity index is 5060. The van der Waals surface area contributed by atoms with Crippen molar-refractivity contribution >= 4 is 132 Å². The van der Waals surface area contributed by atoms with E-state index in [1.807, 2.05) is 48.2 Å². The third-order valence-electron chi connectivity index (χ3n) is 17.4. The second-order valence-corrected chi connectivity index (χ2v) is 30.5. The summed E-state index contributed by atoms with van der Waals surface area (Å²) >= 11 is 13.1. The summed E-state index contributed by atoms with van der Waals surface area (Å²) in [6, 6.07) is 44.7. The van der Waals surface area contributed by atoms with Gasteiger partial charge >= 0.3 is 0 Å². The molecule has 3 aliphatic rings. The van der Waals surface area contributed by atoms with Gasteiger partial charge in [0.05, 0.1) is 31.7 Å². The molecule has 0 spiro atoms. The Morgan fingerprint density at radius 2 is 0.960 bits per heavy atom. The molecule has 5 N–H and O–H groups in total. The molecule has 0 aliphatic carbocycles. The van der Waals surface area contributed by atoms with Crippen LogP contribution in [0.5, 0.6) is 0 Å². The highest BCUT2D eigenvalue weighted by molar-refractivity contribution is 7.93. The number of benzene rings is 6. The van der Waals surface area contributed by atoms with Crippen LogP contribution in [0.15, 0.2) is 191 Å². The van der Waals surface area contributed by atoms with E-state index in [4.69, 9.17) is 23.2 Å². The topological polar surface area (TPSA) is 301 Å². The average molecular weight is 1480 g/mol. The number of aromatic amines is 2. The average Bonchev–Trinajstić information content (AvgIpc) is 1.71. The number of anilines is 6. The van der Waals surface area contributed by atoms with Crippen molar-refractivity contribution in [3.05, 3.63) is 221 Å². The molecule has 3 fully saturated rings. The Balaban J connectivity index is 0.000000215. The van der Waals surface area contributed by atoms with Crippen LogP contribution in [-0.4, -0.2) is 170 Å². The highest BCUT2D eigenvalue weighted by Gasteiger charge is 2.28. The molecule has 14 rings (SSSR count). The molecule has 8 heterocycles. The first-order valence-corrected chi connectivity index (χ1v) is 37.9. The van der Waals surface area contributed by atoms with E-state index in [1.165, 1.54) is 59.3 Å². The number of aryl methyl sites for hydroxylation is 3. The molecule has 6 aromatic carbocycles. The molecule has 0 radical (unpaired) electrons. The lowest BCUT2D eigenvalue weighted by Crippen LogP contribution is -2.49. The van der Waals surface area contributed by atoms with Crippen molar-refractivity contribution in [2.45, 2.75) is 48.4 Å². The van der Waals surface area contributed by atoms with Gasteiger partial charge in [0.25, 0.3) is 36.0 Å². The molecule has 0 unspecified atom stereocenters. The summed E-state index contributed by atoms with van der Waals surface area (Å²) in [7, 11) is -11.2. The SMILES string of the molecule is Cc1[nH]c2ccccc2c1CC(=O)N1CCN(c2ccc(S(=O)(=O)Nc3ccncn3)cc2)CC1.Cc1[nH]c2ccccc2c1CN1CCN(c2ccc(S(=O)(=O)Nc3ccncn3)cc2)CC1.Cc1nsc(NS(=O)(=O)c2ccc(N3CCN(C(=O)c4ccc(Cl)cc4Cl)CC3)cc2)n1.[HH].[HH].[HH].[HH].[HH]. The van der Waals surface area contributed by atoms with Crippen LogP contribution >= 0.6 is 34.7 Å². The van der Waals surface area contributed by atoms with Crippen molar-refractivity contribution in [2.24, 2.45) is 0 Å². The van der Waals surface area contributed by atoms with Gasteiger partial charge in [0.2, 0.25) is 11.0 Å². The first kappa shape index (κ1) is 70.1. The fraction of sp³-hybridized carbons (Fsp3) is 0.246. The van der Waals surface area contributed by atoms with E-state index in [0.717, 1.165) is 83.5 Å². The van der Waals surface area contributed by atoms with Crippen molar-refractivity contribution < 1.29 is 42.0 Å². The number of nitrogens with one attached hydrogen (secondary N) is 5. The molecule has 11 aromatic rings. The quantitative estimate of drug-likeness (QED) is 0.0566. The van der Waals surface area contributed by atoms with E-state index in [0.29, 0.717) is 80.2 Å². The monoisotopic (exact) mass is 1470 g/mol. The molecule has 31 heteroatoms. The summed E-state index contributed by atoms with van der Waals surface area (Å²) < 4.78 is 86.9. The zero-order chi connectivity index (χ0) is 70.1. The molecular weight excluding hydrogens is 1390 g/mol. The van der Waals surface area contributed by atoms with Crippen molar-refractivity contribution in [3.63, 3.8) is 0 Å². The van der Waals surface area contributed by atoms with Crippen LogP contribution in [0.3, 0.4) is 0 Å². The first-order valence-electron chi connectivity index (χ1n) is 32.0. The Morgan fingerprint density at radius 1 is 0.520 bits per heavy atom. The summed E-state index contributed by atoms with van der Waals surface area (Å²) in [6.07, 6.45) is 5.93. The molecular formula is C69H81Cl2N17O8S4. The summed E-state index contributed by atoms with van der Waals surface area (Å²) in [5.41, 5.74) is 10.2. The third kappa shape index (κ3) is 16.9. The molecule has 3 aliphatic heterocycles. The highest BCUT2D eigenvalue weighted by atomic mass is 35.5. The van der Waals surface area contributed by atoms with Gasteiger partial charge in [-0.3, -0.25) is 28.7 Å². The molecule has 2 amide bonds. The molecule has 0 atom stereocenters. The summed E-state index contributed by atoms with van der Waals surface area (Å²) in [5.74, 6) is 0.961. The Labute approximate surface area is 601 Å². The predicted molar refractivity (Wildman–Crippen MR) is 402 cm³/mol. The van der Waals surface area contributed by atoms with Gasteiger partial charge in [-0.15, -0.1) is 0 Å². The maximum atomic E-state index is 13.0. The van der Waals surface area contributed by atoms with Gasteiger partial charge in [0, 0.05) is 171 Å². The third-order valence-corrected chi connectivity index (χ3v) is 22.9. The van der Waals surface area contributed by atoms with Gasteiger partial charge in [0.1, 0.15) is 30.1 Å². The number of rotatable bonds is 17. The molecule has 5 aromatic heterocycles. The lowest BCUT2D eigenvalue weighted by molar-refractivity contribution is -0.130. The van der Waals surface area contributed by atoms with Crippen molar-refractivity contribution in [1.29, 1.82) is 0 Å². The smallest absolute Gasteiger partial charge is 0.263 e. The van der Waals surface area contributed by atoms with Crippen LogP contribution in [0.25, 0.3) is 21.8 Å². The molecule has 0 bridgehead atoms. The Hall–Kier alpha value is -9.75. The van der Waals surface area contributed by atoms with Crippen LogP contribution in [0, 0.1) is 20.8 Å². The minimum absolute atomic E-state index is 0. The van der Waals surface area contributed by atoms with E-state index < -0.39 is 30.1 Å². The van der Waals surface area contributed by atoms with Crippen molar-refractivity contribution in [3.8, 4) is 0 Å². The van der Waals surface area contributed by atoms with Crippen LogP contribution < -0.4 is 28.9 Å². The molecule has 3 saturated heterocycles. The van der Waals surface area contributed by atoms with Crippen molar-refractivity contribution in [2.75, 3.05) is 107 Å². The zero-order valence-corrected chi connectivity index (χ0v) is 59.4. The summed E-state index contributed by atoms with van der Waals surface area (Å²) in [5, 5.41) is 3.44. The van der Waals surface area contributed by atoms with E-state index in [2.05, 4.69) is 104 Å². The normalized spacial score (nSPS) is 14.6. The number of hydrogen-bond acceptors (Lipinski definition) is 19. The number of hydrogen-bond donors (Lipinski definition) is 5. The standard InChI is InChI=1S/C25H26N6O3S.C24H26N6O2S.C20H19Cl2N5O3S2.5H2/c1-18-22(21-4-2-3-5-23(21)28-18)16-25(32)31-14-12-30(13-15-31)19-6-8-20(9-7-19)35(33,34)29-24-10-11-26-17-27-24;1-18-22(21-4-2-3-5-23(21)27-18)16-29-12-14-30(15-13-29)19-6-8-20(9-7-19)33(31,32)28-24-10-11-25-17-26-24;1-13-23-20(31-24-13)25-32(29,30)16-5-3-15(4-6-16)26-8-10-27(11-9-26)19(28)17-7-2-14(21)12-18(17)22;;;;;/h2-11,17,28H,12-16H2,1H3,(H,26,27,29);2-11,17,27H,12-16H2,1H3,(H,25,26,28);2-7,12H,8-11H2,1H3,(H,23,24,25);5*1H. The minimum atomic E-state index is -3.74. The number of para-hydroxylation sites is 2. The number of carbonyl (C=O) groups excluding carboxylic acids is 2. The predicted octanol–water partition coefficient (Wildman–Crippen LogP) is 11.5. The van der Waals surface area contributed by atoms with Gasteiger partial charge in [-0.2, -0.15) is 4.37 Å². The fourth-order valence-corrected chi connectivity index (χ4v) is 16.4. The maximum Gasteiger partial charge on any atom is 0.263 e. The second-order valence-electron chi connectivity index (χ2n) is 23.9. The van der Waals surface area contributed by atoms with Crippen molar-refractivity contribution in [1.82, 2.24) is 54.0 Å². The summed E-state index contributed by atoms with van der Waals surface area (Å²) in [4.78, 5) is 65.3. The summed E-state index contributed by atoms with van der Waals surface area (Å²) in [6.45, 7) is 15.4. The second kappa shape index (κ2) is 30.8. The zero-order valence-electron chi connectivity index (χ0n) is 54.7. The Morgan fingerprint density at radius 3 is 1.41 bits per heavy atom. The number of aromatic nitrogens is 8. The van der Waals surface area contributed by atoms with Gasteiger partial charge in [-0.1, -0.05) is 59.6 Å². The van der Waals surface area contributed by atoms with Crippen LogP contribution in [0.2, 0.25) is 10.0 Å². The first-order chi connectivity index (χ1) is 48.1. The van der Waals surface area contributed by atoms with Crippen LogP contribution in [-0.2, 0) is 47.8 Å². The van der Waals surface area contributed by atoms with Gasteiger partial charge < -0.3 is 34.5 Å². The van der Waals surface area contributed by atoms with Gasteiger partial charge in [-0.05, 0) is 147 Å². The number of piperazine rings is 3. The van der Waals surface area contributed by atoms with E-state index in [1.54, 1.807) is 90.7 Å². The number of amides is 2. The lowest BCUT2D eigenvalue weighted by Gasteiger charge is -2.36. The number of carbonyl (C=O) groups is 2. The van der Waals surface area contributed by atoms with E-state index in [9.17, 15) is 34.8 Å². The highest BCUT2D eigenvalue weighted by Crippen LogP contribution is 2.30. The lowest BCUT2D eigenvalue weighted by atomic mass is 10.1. The van der Waals surface area contributed by atoms with E-state index >= 15 is 0 Å². The number of halogens is 2. The fourth-order valence-electron chi connectivity index (χ4n) is 12.1. The molecule has 528 valence electrons. The van der Waals surface area contributed by atoms with Crippen LogP contribution in [0.1, 0.15) is 45.8 Å². The van der Waals surface area contributed by atoms with Gasteiger partial charge in [0.15, 0.2) is 0 Å². The van der Waals surface area contributed by atoms with E-state index in [-0.39, 0.29) is 50.4 Å². The van der Waals surface area contributed by atoms with Gasteiger partial charge in [-0.25, -0.2) is 50.2 Å². The largest absolute Gasteiger partial charge is 0.369 e. The minimum Gasteiger partial charge on any atom is -0.369 e. The number of fused-ring (bicyclic) bond motifs is 2. The maximum absolute atomic E-state index is 13.0. The molecule has 0 saturated carbocycles. The molecule has 100 heavy (non-hydrogen) atoms. The number of sulfonamides is 3. The number of H-pyrrole nitrogens is 2.